The second-order valence-corrected chi connectivity index (χ2v) is 10.2. The summed E-state index contributed by atoms with van der Waals surface area (Å²) in [4.78, 5) is 14.9. The van der Waals surface area contributed by atoms with Gasteiger partial charge < -0.3 is 9.64 Å². The summed E-state index contributed by atoms with van der Waals surface area (Å²) in [5.74, 6) is 0.267. The van der Waals surface area contributed by atoms with Crippen molar-refractivity contribution in [1.82, 2.24) is 15.8 Å². The maximum atomic E-state index is 13.1. The van der Waals surface area contributed by atoms with Crippen molar-refractivity contribution in [3.63, 3.8) is 0 Å². The van der Waals surface area contributed by atoms with E-state index in [0.29, 0.717) is 38.1 Å². The first kappa shape index (κ1) is 21.7. The van der Waals surface area contributed by atoms with E-state index in [4.69, 9.17) is 4.74 Å². The Labute approximate surface area is 181 Å². The maximum Gasteiger partial charge on any atom is 0.241 e. The number of carbonyl (C=O) groups is 1. The molecule has 2 unspecified atom stereocenters. The van der Waals surface area contributed by atoms with Gasteiger partial charge in [-0.1, -0.05) is 12.1 Å². The van der Waals surface area contributed by atoms with E-state index in [1.807, 2.05) is 0 Å². The molecule has 2 saturated heterocycles. The van der Waals surface area contributed by atoms with Gasteiger partial charge in [0.2, 0.25) is 5.91 Å². The molecule has 0 spiro atoms. The predicted molar refractivity (Wildman–Crippen MR) is 114 cm³/mol. The summed E-state index contributed by atoms with van der Waals surface area (Å²) in [5.41, 5.74) is 7.04. The Morgan fingerprint density at radius 3 is 2.29 bits per heavy atom. The average molecular weight is 448 g/mol. The van der Waals surface area contributed by atoms with Gasteiger partial charge in [-0.15, -0.1) is 0 Å². The van der Waals surface area contributed by atoms with E-state index in [0.717, 1.165) is 5.56 Å². The molecule has 31 heavy (non-hydrogen) atoms. The zero-order chi connectivity index (χ0) is 22.0. The molecule has 2 aromatic carbocycles. The zero-order valence-electron chi connectivity index (χ0n) is 17.3. The van der Waals surface area contributed by atoms with Gasteiger partial charge in [-0.2, -0.15) is 0 Å². The number of hydrogen-bond donors (Lipinski definition) is 2. The Morgan fingerprint density at radius 1 is 1.03 bits per heavy atom. The number of carbonyl (C=O) groups excluding carboxylic acids is 1. The number of nitrogens with zero attached hydrogens (tertiary/aromatic N) is 1. The molecule has 2 aliphatic heterocycles. The Hall–Kier alpha value is -2.49. The minimum absolute atomic E-state index is 0.0441. The Bertz CT molecular complexity index is 1020. The fourth-order valence-electron chi connectivity index (χ4n) is 4.20. The van der Waals surface area contributed by atoms with E-state index in [1.165, 1.54) is 19.2 Å². The van der Waals surface area contributed by atoms with Gasteiger partial charge in [0.05, 0.1) is 17.3 Å². The van der Waals surface area contributed by atoms with E-state index >= 15 is 0 Å². The molecule has 1 amide bonds. The van der Waals surface area contributed by atoms with Crippen molar-refractivity contribution in [3.05, 3.63) is 59.9 Å². The van der Waals surface area contributed by atoms with Crippen LogP contribution >= 0.6 is 0 Å². The van der Waals surface area contributed by atoms with Crippen molar-refractivity contribution in [2.24, 2.45) is 0 Å². The molecule has 2 aliphatic rings. The van der Waals surface area contributed by atoms with E-state index in [-0.39, 0.29) is 22.7 Å². The van der Waals surface area contributed by atoms with Crippen LogP contribution in [0.1, 0.15) is 30.9 Å². The highest BCUT2D eigenvalue weighted by Crippen LogP contribution is 2.28. The number of hydrazine groups is 1. The molecule has 2 atom stereocenters. The number of ether oxygens (including phenoxy) is 1. The minimum atomic E-state index is -3.46. The third kappa shape index (κ3) is 4.58. The lowest BCUT2D eigenvalue weighted by Crippen LogP contribution is -2.49. The summed E-state index contributed by atoms with van der Waals surface area (Å²) in [6.45, 7) is 0.802. The van der Waals surface area contributed by atoms with Crippen LogP contribution < -0.4 is 15.6 Å². The number of piperidine rings is 1. The van der Waals surface area contributed by atoms with Crippen molar-refractivity contribution < 1.29 is 22.3 Å². The van der Waals surface area contributed by atoms with E-state index in [1.54, 1.807) is 41.3 Å². The standard InChI is InChI=1S/C22H26FN3O4S/c1-30-17-6-8-18(9-7-17)31(28,29)19-10-12-26(13-11-19)22(27)21-14-20(24-25-21)15-2-4-16(23)5-3-15/h2-9,19-21,24-25H,10-14H2,1H3. The number of nitrogens with one attached hydrogen (secondary N) is 2. The summed E-state index contributed by atoms with van der Waals surface area (Å²) in [6.07, 6.45) is 1.36. The number of rotatable bonds is 5. The number of sulfone groups is 1. The van der Waals surface area contributed by atoms with Gasteiger partial charge in [-0.25, -0.2) is 23.7 Å². The smallest absolute Gasteiger partial charge is 0.241 e. The van der Waals surface area contributed by atoms with Crippen LogP contribution in [0.4, 0.5) is 4.39 Å². The molecule has 166 valence electrons. The fraction of sp³-hybridized carbons (Fsp3) is 0.409. The number of halogens is 1. The van der Waals surface area contributed by atoms with Crippen molar-refractivity contribution >= 4 is 15.7 Å². The fourth-order valence-corrected chi connectivity index (χ4v) is 5.93. The highest BCUT2D eigenvalue weighted by molar-refractivity contribution is 7.92. The van der Waals surface area contributed by atoms with Crippen molar-refractivity contribution in [2.75, 3.05) is 20.2 Å². The largest absolute Gasteiger partial charge is 0.497 e. The Kier molecular flexibility index (Phi) is 6.27. The molecule has 2 fully saturated rings. The SMILES string of the molecule is COc1ccc(S(=O)(=O)C2CCN(C(=O)C3CC(c4ccc(F)cc4)NN3)CC2)cc1. The highest BCUT2D eigenvalue weighted by atomic mass is 32.2. The van der Waals surface area contributed by atoms with Crippen LogP contribution in [0.15, 0.2) is 53.4 Å². The Morgan fingerprint density at radius 2 is 1.68 bits per heavy atom. The summed E-state index contributed by atoms with van der Waals surface area (Å²) >= 11 is 0. The van der Waals surface area contributed by atoms with Gasteiger partial charge in [0.15, 0.2) is 9.84 Å². The monoisotopic (exact) mass is 447 g/mol. The van der Waals surface area contributed by atoms with Crippen LogP contribution in [0, 0.1) is 5.82 Å². The molecular formula is C22H26FN3O4S. The molecule has 0 bridgehead atoms. The first-order valence-corrected chi connectivity index (χ1v) is 11.9. The molecular weight excluding hydrogens is 421 g/mol. The van der Waals surface area contributed by atoms with Gasteiger partial charge in [0.1, 0.15) is 17.6 Å². The molecule has 0 aromatic heterocycles. The number of hydrogen-bond acceptors (Lipinski definition) is 6. The van der Waals surface area contributed by atoms with Gasteiger partial charge in [-0.05, 0) is 61.2 Å². The lowest BCUT2D eigenvalue weighted by atomic mass is 10.0. The summed E-state index contributed by atoms with van der Waals surface area (Å²) in [5, 5.41) is -0.508. The number of likely N-dealkylation sites (tertiary alicyclic amines) is 1. The molecule has 0 radical (unpaired) electrons. The normalized spacial score (nSPS) is 22.5. The second-order valence-electron chi connectivity index (χ2n) is 7.93. The zero-order valence-corrected chi connectivity index (χ0v) is 18.1. The average Bonchev–Trinajstić information content (AvgIpc) is 3.29. The van der Waals surface area contributed by atoms with Crippen molar-refractivity contribution in [1.29, 1.82) is 0 Å². The van der Waals surface area contributed by atoms with Gasteiger partial charge >= 0.3 is 0 Å². The third-order valence-electron chi connectivity index (χ3n) is 6.05. The molecule has 7 nitrogen and oxygen atoms in total. The minimum Gasteiger partial charge on any atom is -0.497 e. The molecule has 9 heteroatoms. The lowest BCUT2D eigenvalue weighted by molar-refractivity contribution is -0.134. The van der Waals surface area contributed by atoms with Crippen LogP contribution in [0.2, 0.25) is 0 Å². The maximum absolute atomic E-state index is 13.1. The summed E-state index contributed by atoms with van der Waals surface area (Å²) < 4.78 is 44.1. The quantitative estimate of drug-likeness (QED) is 0.731. The summed E-state index contributed by atoms with van der Waals surface area (Å²) in [7, 11) is -1.92. The second kappa shape index (κ2) is 8.94. The number of methoxy groups -OCH3 is 1. The molecule has 4 rings (SSSR count). The van der Waals surface area contributed by atoms with Gasteiger partial charge in [0.25, 0.3) is 0 Å². The van der Waals surface area contributed by atoms with Crippen molar-refractivity contribution in [3.8, 4) is 5.75 Å². The predicted octanol–water partition coefficient (Wildman–Crippen LogP) is 2.21. The molecule has 2 heterocycles. The lowest BCUT2D eigenvalue weighted by Gasteiger charge is -2.33. The topological polar surface area (TPSA) is 87.7 Å². The number of amides is 1. The van der Waals surface area contributed by atoms with E-state index in [9.17, 15) is 17.6 Å². The van der Waals surface area contributed by atoms with Crippen LogP contribution in [0.5, 0.6) is 5.75 Å². The van der Waals surface area contributed by atoms with Crippen LogP contribution in [0.25, 0.3) is 0 Å². The summed E-state index contributed by atoms with van der Waals surface area (Å²) in [6, 6.07) is 12.1. The van der Waals surface area contributed by atoms with Crippen molar-refractivity contribution in [2.45, 2.75) is 41.5 Å². The highest BCUT2D eigenvalue weighted by Gasteiger charge is 2.37. The first-order chi connectivity index (χ1) is 14.9. The first-order valence-electron chi connectivity index (χ1n) is 10.3. The molecule has 2 aromatic rings. The van der Waals surface area contributed by atoms with Crippen LogP contribution in [0.3, 0.4) is 0 Å². The Balaban J connectivity index is 1.34. The molecule has 0 saturated carbocycles. The van der Waals surface area contributed by atoms with Crippen LogP contribution in [-0.4, -0.2) is 50.7 Å². The van der Waals surface area contributed by atoms with Crippen LogP contribution in [-0.2, 0) is 14.6 Å². The van der Waals surface area contributed by atoms with E-state index < -0.39 is 21.1 Å². The van der Waals surface area contributed by atoms with Gasteiger partial charge in [0, 0.05) is 19.1 Å². The van der Waals surface area contributed by atoms with Gasteiger partial charge in [-0.3, -0.25) is 4.79 Å². The molecule has 0 aliphatic carbocycles. The number of benzene rings is 2. The third-order valence-corrected chi connectivity index (χ3v) is 8.33. The van der Waals surface area contributed by atoms with E-state index in [2.05, 4.69) is 10.9 Å². The molecule has 2 N–H and O–H groups in total.